The van der Waals surface area contributed by atoms with E-state index in [1.54, 1.807) is 24.3 Å². The van der Waals surface area contributed by atoms with Crippen LogP contribution in [0.1, 0.15) is 27.9 Å². The van der Waals surface area contributed by atoms with Crippen LogP contribution in [0.5, 0.6) is 0 Å². The molecule has 4 aromatic rings. The molecule has 0 bridgehead atoms. The van der Waals surface area contributed by atoms with Gasteiger partial charge in [-0.25, -0.2) is 0 Å². The van der Waals surface area contributed by atoms with Gasteiger partial charge in [0.15, 0.2) is 0 Å². The molecule has 1 saturated heterocycles. The summed E-state index contributed by atoms with van der Waals surface area (Å²) in [6, 6.07) is 15.6. The highest BCUT2D eigenvalue weighted by molar-refractivity contribution is 7.17. The number of aromatic nitrogens is 1. The molecule has 3 heterocycles. The summed E-state index contributed by atoms with van der Waals surface area (Å²) in [5.41, 5.74) is 0.299. The molecular weight excluding hydrogens is 498 g/mol. The number of carbonyl (C=O) groups excluding carboxylic acids is 3. The summed E-state index contributed by atoms with van der Waals surface area (Å²) in [4.78, 5) is 53.2. The molecule has 1 aliphatic rings. The maximum Gasteiger partial charge on any atom is 0.344 e. The molecule has 1 N–H and O–H groups in total. The molecule has 2 aromatic carbocycles. The van der Waals surface area contributed by atoms with Crippen LogP contribution in [-0.4, -0.2) is 57.2 Å². The molecule has 0 aliphatic carbocycles. The summed E-state index contributed by atoms with van der Waals surface area (Å²) in [7, 11) is 0. The lowest BCUT2D eigenvalue weighted by molar-refractivity contribution is -0.386. The Kier molecular flexibility index (Phi) is 6.40. The van der Waals surface area contributed by atoms with Crippen molar-refractivity contribution in [3.63, 3.8) is 0 Å². The molecule has 0 spiro atoms. The molecule has 37 heavy (non-hydrogen) atoms. The SMILES string of the molecule is Cc1onc(C(=O)N2CCN(C(C(=O)Nc3ccccc3)c3csc4ccccc34)C(=O)C2)c1[N+](=O)[O-]. The van der Waals surface area contributed by atoms with Gasteiger partial charge in [-0.3, -0.25) is 24.5 Å². The van der Waals surface area contributed by atoms with Crippen molar-refractivity contribution in [2.75, 3.05) is 25.0 Å². The molecule has 3 amide bonds. The lowest BCUT2D eigenvalue weighted by atomic mass is 10.0. The van der Waals surface area contributed by atoms with Crippen LogP contribution in [0.2, 0.25) is 0 Å². The number of anilines is 1. The average Bonchev–Trinajstić information content (AvgIpc) is 3.49. The molecule has 5 rings (SSSR count). The number of thiophene rings is 1. The van der Waals surface area contributed by atoms with Gasteiger partial charge in [0.05, 0.1) is 4.92 Å². The smallest absolute Gasteiger partial charge is 0.344 e. The summed E-state index contributed by atoms with van der Waals surface area (Å²) < 4.78 is 5.82. The quantitative estimate of drug-likeness (QED) is 0.302. The maximum atomic E-state index is 13.6. The number of aryl methyl sites for hydroxylation is 1. The van der Waals surface area contributed by atoms with E-state index in [9.17, 15) is 24.5 Å². The van der Waals surface area contributed by atoms with Crippen LogP contribution in [-0.2, 0) is 9.59 Å². The molecular formula is C25H21N5O6S. The lowest BCUT2D eigenvalue weighted by Gasteiger charge is -2.38. The average molecular weight is 520 g/mol. The van der Waals surface area contributed by atoms with Crippen LogP contribution in [0.4, 0.5) is 11.4 Å². The Morgan fingerprint density at radius 1 is 1.14 bits per heavy atom. The van der Waals surface area contributed by atoms with Crippen LogP contribution in [0, 0.1) is 17.0 Å². The van der Waals surface area contributed by atoms with Crippen molar-refractivity contribution < 1.29 is 23.8 Å². The summed E-state index contributed by atoms with van der Waals surface area (Å²) in [5.74, 6) is -1.72. The monoisotopic (exact) mass is 519 g/mol. The number of para-hydroxylation sites is 1. The highest BCUT2D eigenvalue weighted by atomic mass is 32.1. The van der Waals surface area contributed by atoms with E-state index in [4.69, 9.17) is 4.52 Å². The number of fused-ring (bicyclic) bond motifs is 1. The number of nitro groups is 1. The van der Waals surface area contributed by atoms with E-state index in [0.717, 1.165) is 10.1 Å². The fourth-order valence-corrected chi connectivity index (χ4v) is 5.38. The van der Waals surface area contributed by atoms with Crippen LogP contribution < -0.4 is 5.32 Å². The number of nitrogens with zero attached hydrogens (tertiary/aromatic N) is 4. The summed E-state index contributed by atoms with van der Waals surface area (Å²) in [5, 5.41) is 20.5. The molecule has 188 valence electrons. The molecule has 0 radical (unpaired) electrons. The van der Waals surface area contributed by atoms with Gasteiger partial charge in [0, 0.05) is 36.0 Å². The fourth-order valence-electron chi connectivity index (χ4n) is 4.40. The molecule has 11 nitrogen and oxygen atoms in total. The second-order valence-electron chi connectivity index (χ2n) is 8.45. The number of nitrogens with one attached hydrogen (secondary N) is 1. The minimum Gasteiger partial charge on any atom is -0.353 e. The first kappa shape index (κ1) is 24.1. The third-order valence-corrected chi connectivity index (χ3v) is 7.15. The van der Waals surface area contributed by atoms with Crippen molar-refractivity contribution in [3.05, 3.63) is 87.1 Å². The van der Waals surface area contributed by atoms with E-state index in [2.05, 4.69) is 10.5 Å². The van der Waals surface area contributed by atoms with Gasteiger partial charge in [-0.1, -0.05) is 41.6 Å². The van der Waals surface area contributed by atoms with Crippen molar-refractivity contribution in [1.29, 1.82) is 0 Å². The second kappa shape index (κ2) is 9.82. The number of hydrogen-bond acceptors (Lipinski definition) is 8. The Bertz CT molecular complexity index is 1510. The number of piperazine rings is 1. The van der Waals surface area contributed by atoms with Crippen LogP contribution in [0.25, 0.3) is 10.1 Å². The number of hydrogen-bond donors (Lipinski definition) is 1. The van der Waals surface area contributed by atoms with Crippen molar-refractivity contribution in [1.82, 2.24) is 15.0 Å². The van der Waals surface area contributed by atoms with Crippen LogP contribution in [0.15, 0.2) is 64.5 Å². The van der Waals surface area contributed by atoms with Gasteiger partial charge in [-0.15, -0.1) is 11.3 Å². The molecule has 12 heteroatoms. The van der Waals surface area contributed by atoms with E-state index in [1.165, 1.54) is 28.1 Å². The Morgan fingerprint density at radius 2 is 1.86 bits per heavy atom. The zero-order valence-corrected chi connectivity index (χ0v) is 20.4. The van der Waals surface area contributed by atoms with Crippen molar-refractivity contribution in [2.45, 2.75) is 13.0 Å². The van der Waals surface area contributed by atoms with E-state index in [1.807, 2.05) is 35.7 Å². The molecule has 1 fully saturated rings. The molecule has 1 atom stereocenters. The molecule has 0 saturated carbocycles. The normalized spacial score (nSPS) is 14.6. The van der Waals surface area contributed by atoms with Gasteiger partial charge in [0.2, 0.25) is 17.4 Å². The Morgan fingerprint density at radius 3 is 2.59 bits per heavy atom. The van der Waals surface area contributed by atoms with E-state index in [0.29, 0.717) is 11.3 Å². The highest BCUT2D eigenvalue weighted by Crippen LogP contribution is 2.35. The van der Waals surface area contributed by atoms with E-state index in [-0.39, 0.29) is 31.3 Å². The zero-order chi connectivity index (χ0) is 26.1. The van der Waals surface area contributed by atoms with E-state index < -0.39 is 34.2 Å². The lowest BCUT2D eigenvalue weighted by Crippen LogP contribution is -2.55. The maximum absolute atomic E-state index is 13.6. The minimum absolute atomic E-state index is 0.0479. The predicted molar refractivity (Wildman–Crippen MR) is 135 cm³/mol. The molecule has 1 unspecified atom stereocenters. The largest absolute Gasteiger partial charge is 0.353 e. The van der Waals surface area contributed by atoms with Gasteiger partial charge in [0.1, 0.15) is 12.6 Å². The van der Waals surface area contributed by atoms with Gasteiger partial charge in [0.25, 0.3) is 11.8 Å². The Hall–Kier alpha value is -4.58. The van der Waals surface area contributed by atoms with E-state index >= 15 is 0 Å². The number of carbonyl (C=O) groups is 3. The number of rotatable bonds is 6. The molecule has 1 aliphatic heterocycles. The summed E-state index contributed by atoms with van der Waals surface area (Å²) in [6.45, 7) is 1.09. The second-order valence-corrected chi connectivity index (χ2v) is 9.36. The highest BCUT2D eigenvalue weighted by Gasteiger charge is 2.40. The van der Waals surface area contributed by atoms with Gasteiger partial charge in [-0.05, 0) is 29.0 Å². The predicted octanol–water partition coefficient (Wildman–Crippen LogP) is 3.77. The van der Waals surface area contributed by atoms with Gasteiger partial charge in [-0.2, -0.15) is 0 Å². The van der Waals surface area contributed by atoms with Crippen LogP contribution in [0.3, 0.4) is 0 Å². The summed E-state index contributed by atoms with van der Waals surface area (Å²) >= 11 is 1.48. The summed E-state index contributed by atoms with van der Waals surface area (Å²) in [6.07, 6.45) is 0. The first-order valence-electron chi connectivity index (χ1n) is 11.4. The standard InChI is InChI=1S/C25H21N5O6S/c1-15-22(30(34)35)21(27-36-15)25(33)28-11-12-29(20(31)13-28)23(24(32)26-16-7-3-2-4-8-16)18-14-37-19-10-6-5-9-17(18)19/h2-10,14,23H,11-13H2,1H3,(H,26,32). The van der Waals surface area contributed by atoms with Gasteiger partial charge < -0.3 is 19.6 Å². The first-order chi connectivity index (χ1) is 17.8. The van der Waals surface area contributed by atoms with Crippen molar-refractivity contribution in [3.8, 4) is 0 Å². The zero-order valence-electron chi connectivity index (χ0n) is 19.6. The van der Waals surface area contributed by atoms with Crippen molar-refractivity contribution in [2.24, 2.45) is 0 Å². The Labute approximate surface area is 214 Å². The molecule has 2 aromatic heterocycles. The first-order valence-corrected chi connectivity index (χ1v) is 12.2. The third-order valence-electron chi connectivity index (χ3n) is 6.17. The third kappa shape index (κ3) is 4.54. The van der Waals surface area contributed by atoms with Crippen LogP contribution >= 0.6 is 11.3 Å². The van der Waals surface area contributed by atoms with Gasteiger partial charge >= 0.3 is 5.69 Å². The van der Waals surface area contributed by atoms with Crippen molar-refractivity contribution >= 4 is 50.5 Å². The topological polar surface area (TPSA) is 139 Å². The minimum atomic E-state index is -0.940. The Balaban J connectivity index is 1.44. The fraction of sp³-hybridized carbons (Fsp3) is 0.200. The number of amides is 3. The number of benzene rings is 2.